The van der Waals surface area contributed by atoms with Crippen LogP contribution >= 0.6 is 0 Å². The van der Waals surface area contributed by atoms with Crippen LogP contribution in [0.5, 0.6) is 0 Å². The second-order valence-corrected chi connectivity index (χ2v) is 5.70. The Balaban J connectivity index is 1.91. The zero-order valence-electron chi connectivity index (χ0n) is 13.6. The first kappa shape index (κ1) is 15.1. The standard InChI is InChI=1S/C20H15N3O2/c1-14-8-10-15(11-9-14)13-21-23-19(18-7-4-12-25-18)22-17-6-3-2-5-16(17)20(23)24/h2-13H,1H3/b21-13+. The smallest absolute Gasteiger partial charge is 0.282 e. The lowest BCUT2D eigenvalue weighted by atomic mass is 10.2. The minimum atomic E-state index is -0.236. The summed E-state index contributed by atoms with van der Waals surface area (Å²) in [5, 5.41) is 4.88. The Kier molecular flexibility index (Phi) is 3.74. The molecule has 0 bridgehead atoms. The van der Waals surface area contributed by atoms with E-state index in [0.29, 0.717) is 22.5 Å². The number of benzene rings is 2. The van der Waals surface area contributed by atoms with Crippen LogP contribution in [-0.4, -0.2) is 15.9 Å². The van der Waals surface area contributed by atoms with E-state index in [2.05, 4.69) is 10.1 Å². The molecule has 122 valence electrons. The molecule has 0 amide bonds. The lowest BCUT2D eigenvalue weighted by Gasteiger charge is -2.07. The number of furan rings is 1. The van der Waals surface area contributed by atoms with Crippen molar-refractivity contribution in [2.75, 3.05) is 0 Å². The highest BCUT2D eigenvalue weighted by Crippen LogP contribution is 2.19. The fourth-order valence-corrected chi connectivity index (χ4v) is 2.57. The number of fused-ring (bicyclic) bond motifs is 1. The van der Waals surface area contributed by atoms with Gasteiger partial charge in [-0.05, 0) is 36.8 Å². The van der Waals surface area contributed by atoms with Gasteiger partial charge >= 0.3 is 0 Å². The highest BCUT2D eigenvalue weighted by molar-refractivity contribution is 5.81. The van der Waals surface area contributed by atoms with Crippen molar-refractivity contribution in [3.63, 3.8) is 0 Å². The number of aromatic nitrogens is 2. The summed E-state index contributed by atoms with van der Waals surface area (Å²) < 4.78 is 6.71. The summed E-state index contributed by atoms with van der Waals surface area (Å²) in [6.45, 7) is 2.02. The van der Waals surface area contributed by atoms with E-state index < -0.39 is 0 Å². The van der Waals surface area contributed by atoms with Gasteiger partial charge in [0.25, 0.3) is 5.56 Å². The average Bonchev–Trinajstić information content (AvgIpc) is 3.17. The van der Waals surface area contributed by atoms with Crippen LogP contribution in [0.2, 0.25) is 0 Å². The van der Waals surface area contributed by atoms with Crippen molar-refractivity contribution in [1.82, 2.24) is 9.66 Å². The van der Waals surface area contributed by atoms with E-state index in [1.165, 1.54) is 4.68 Å². The lowest BCUT2D eigenvalue weighted by molar-refractivity contribution is 0.571. The SMILES string of the molecule is Cc1ccc(/C=N/n2c(-c3ccco3)nc3ccccc3c2=O)cc1. The number of hydrogen-bond acceptors (Lipinski definition) is 4. The molecule has 0 aliphatic rings. The van der Waals surface area contributed by atoms with E-state index >= 15 is 0 Å². The number of rotatable bonds is 3. The Morgan fingerprint density at radius 3 is 2.60 bits per heavy atom. The zero-order chi connectivity index (χ0) is 17.2. The summed E-state index contributed by atoms with van der Waals surface area (Å²) in [5.41, 5.74) is 2.44. The maximum atomic E-state index is 12.9. The molecule has 0 aliphatic carbocycles. The topological polar surface area (TPSA) is 60.4 Å². The number of nitrogens with zero attached hydrogens (tertiary/aromatic N) is 3. The van der Waals surface area contributed by atoms with Crippen LogP contribution in [0.1, 0.15) is 11.1 Å². The van der Waals surface area contributed by atoms with E-state index in [-0.39, 0.29) is 5.56 Å². The van der Waals surface area contributed by atoms with E-state index in [4.69, 9.17) is 4.42 Å². The monoisotopic (exact) mass is 329 g/mol. The maximum absolute atomic E-state index is 12.9. The van der Waals surface area contributed by atoms with Crippen molar-refractivity contribution in [2.24, 2.45) is 5.10 Å². The van der Waals surface area contributed by atoms with Gasteiger partial charge in [-0.1, -0.05) is 42.0 Å². The van der Waals surface area contributed by atoms with Gasteiger partial charge in [-0.25, -0.2) is 4.98 Å². The Bertz CT molecular complexity index is 1110. The molecule has 2 heterocycles. The minimum absolute atomic E-state index is 0.236. The van der Waals surface area contributed by atoms with Gasteiger partial charge in [-0.3, -0.25) is 4.79 Å². The molecule has 0 unspecified atom stereocenters. The largest absolute Gasteiger partial charge is 0.461 e. The summed E-state index contributed by atoms with van der Waals surface area (Å²) in [5.74, 6) is 0.862. The summed E-state index contributed by atoms with van der Waals surface area (Å²) in [6, 6.07) is 18.6. The van der Waals surface area contributed by atoms with Gasteiger partial charge < -0.3 is 4.42 Å². The molecule has 0 saturated heterocycles. The summed E-state index contributed by atoms with van der Waals surface area (Å²) in [4.78, 5) is 17.4. The summed E-state index contributed by atoms with van der Waals surface area (Å²) in [6.07, 6.45) is 3.19. The molecule has 5 nitrogen and oxygen atoms in total. The minimum Gasteiger partial charge on any atom is -0.461 e. The summed E-state index contributed by atoms with van der Waals surface area (Å²) in [7, 11) is 0. The van der Waals surface area contributed by atoms with Gasteiger partial charge in [0.05, 0.1) is 23.4 Å². The second kappa shape index (κ2) is 6.20. The third kappa shape index (κ3) is 2.87. The Hall–Kier alpha value is -3.47. The number of para-hydroxylation sites is 1. The van der Waals surface area contributed by atoms with Crippen molar-refractivity contribution < 1.29 is 4.42 Å². The lowest BCUT2D eigenvalue weighted by Crippen LogP contribution is -2.20. The molecule has 0 radical (unpaired) electrons. The molecule has 25 heavy (non-hydrogen) atoms. The van der Waals surface area contributed by atoms with Crippen molar-refractivity contribution in [1.29, 1.82) is 0 Å². The molecule has 2 aromatic carbocycles. The van der Waals surface area contributed by atoms with Gasteiger partial charge in [0.15, 0.2) is 5.76 Å². The zero-order valence-corrected chi connectivity index (χ0v) is 13.6. The van der Waals surface area contributed by atoms with E-state index in [0.717, 1.165) is 11.1 Å². The molecule has 0 N–H and O–H groups in total. The first-order valence-corrected chi connectivity index (χ1v) is 7.89. The van der Waals surface area contributed by atoms with Crippen molar-refractivity contribution in [2.45, 2.75) is 6.92 Å². The van der Waals surface area contributed by atoms with Gasteiger partial charge in [-0.15, -0.1) is 0 Å². The van der Waals surface area contributed by atoms with Gasteiger partial charge in [0.2, 0.25) is 5.82 Å². The Labute approximate surface area is 143 Å². The van der Waals surface area contributed by atoms with Crippen LogP contribution in [-0.2, 0) is 0 Å². The van der Waals surface area contributed by atoms with E-state index in [9.17, 15) is 4.79 Å². The van der Waals surface area contributed by atoms with Crippen LogP contribution in [0.25, 0.3) is 22.5 Å². The highest BCUT2D eigenvalue weighted by atomic mass is 16.3. The third-order valence-corrected chi connectivity index (χ3v) is 3.89. The van der Waals surface area contributed by atoms with Crippen LogP contribution in [0.4, 0.5) is 0 Å². The number of hydrogen-bond donors (Lipinski definition) is 0. The van der Waals surface area contributed by atoms with E-state index in [1.54, 1.807) is 36.7 Å². The molecule has 4 aromatic rings. The first-order chi connectivity index (χ1) is 12.2. The molecule has 2 aromatic heterocycles. The fourth-order valence-electron chi connectivity index (χ4n) is 2.57. The molecule has 0 aliphatic heterocycles. The predicted molar refractivity (Wildman–Crippen MR) is 97.9 cm³/mol. The van der Waals surface area contributed by atoms with Crippen LogP contribution in [0.3, 0.4) is 0 Å². The van der Waals surface area contributed by atoms with Gasteiger partial charge in [0.1, 0.15) is 0 Å². The Morgan fingerprint density at radius 2 is 1.84 bits per heavy atom. The Morgan fingerprint density at radius 1 is 1.04 bits per heavy atom. The van der Waals surface area contributed by atoms with Crippen molar-refractivity contribution in [3.05, 3.63) is 88.4 Å². The summed E-state index contributed by atoms with van der Waals surface area (Å²) >= 11 is 0. The maximum Gasteiger partial charge on any atom is 0.282 e. The van der Waals surface area contributed by atoms with Crippen LogP contribution < -0.4 is 5.56 Å². The van der Waals surface area contributed by atoms with E-state index in [1.807, 2.05) is 43.3 Å². The van der Waals surface area contributed by atoms with Crippen LogP contribution in [0.15, 0.2) is 81.2 Å². The van der Waals surface area contributed by atoms with Gasteiger partial charge in [-0.2, -0.15) is 9.78 Å². The molecule has 5 heteroatoms. The molecule has 4 rings (SSSR count). The normalized spacial score (nSPS) is 11.4. The fraction of sp³-hybridized carbons (Fsp3) is 0.0500. The second-order valence-electron chi connectivity index (χ2n) is 5.70. The molecule has 0 spiro atoms. The highest BCUT2D eigenvalue weighted by Gasteiger charge is 2.14. The quantitative estimate of drug-likeness (QED) is 0.536. The number of aryl methyl sites for hydroxylation is 1. The van der Waals surface area contributed by atoms with Crippen molar-refractivity contribution in [3.8, 4) is 11.6 Å². The van der Waals surface area contributed by atoms with Crippen LogP contribution in [0, 0.1) is 6.92 Å². The average molecular weight is 329 g/mol. The first-order valence-electron chi connectivity index (χ1n) is 7.89. The third-order valence-electron chi connectivity index (χ3n) is 3.89. The molecular formula is C20H15N3O2. The molecule has 0 saturated carbocycles. The predicted octanol–water partition coefficient (Wildman–Crippen LogP) is 3.85. The van der Waals surface area contributed by atoms with Gasteiger partial charge in [0, 0.05) is 0 Å². The molecule has 0 fully saturated rings. The van der Waals surface area contributed by atoms with Crippen molar-refractivity contribution >= 4 is 17.1 Å². The molecular weight excluding hydrogens is 314 g/mol. The molecule has 0 atom stereocenters.